The van der Waals surface area contributed by atoms with Crippen molar-refractivity contribution < 1.29 is 0 Å². The van der Waals surface area contributed by atoms with Gasteiger partial charge in [-0.25, -0.2) is 0 Å². The molecule has 1 aliphatic heterocycles. The van der Waals surface area contributed by atoms with Crippen molar-refractivity contribution >= 4 is 17.0 Å². The van der Waals surface area contributed by atoms with E-state index in [9.17, 15) is 0 Å². The van der Waals surface area contributed by atoms with Crippen LogP contribution in [0.3, 0.4) is 0 Å². The van der Waals surface area contributed by atoms with Crippen molar-refractivity contribution in [3.05, 3.63) is 52.2 Å². The summed E-state index contributed by atoms with van der Waals surface area (Å²) in [6.07, 6.45) is 1.15. The zero-order valence-electron chi connectivity index (χ0n) is 9.67. The van der Waals surface area contributed by atoms with E-state index in [1.165, 1.54) is 16.1 Å². The van der Waals surface area contributed by atoms with E-state index in [1.807, 2.05) is 0 Å². The third kappa shape index (κ3) is 2.08. The molecule has 2 N–H and O–H groups in total. The maximum atomic E-state index is 6.25. The average Bonchev–Trinajstić information content (AvgIpc) is 2.98. The highest BCUT2D eigenvalue weighted by Gasteiger charge is 2.20. The molecule has 1 unspecified atom stereocenters. The lowest BCUT2D eigenvalue weighted by Crippen LogP contribution is -2.30. The fraction of sp³-hybridized carbons (Fsp3) is 0.286. The van der Waals surface area contributed by atoms with Crippen molar-refractivity contribution in [1.82, 2.24) is 0 Å². The summed E-state index contributed by atoms with van der Waals surface area (Å²) in [5.74, 6) is 0. The lowest BCUT2D eigenvalue weighted by Gasteiger charge is -2.22. The third-order valence-electron chi connectivity index (χ3n) is 3.31. The molecule has 1 aliphatic rings. The molecule has 3 heteroatoms. The van der Waals surface area contributed by atoms with Gasteiger partial charge < -0.3 is 10.6 Å². The van der Waals surface area contributed by atoms with Crippen LogP contribution in [0.2, 0.25) is 0 Å². The molecule has 17 heavy (non-hydrogen) atoms. The summed E-state index contributed by atoms with van der Waals surface area (Å²) in [6, 6.07) is 12.9. The summed E-state index contributed by atoms with van der Waals surface area (Å²) in [5.41, 5.74) is 9.06. The van der Waals surface area contributed by atoms with E-state index in [2.05, 4.69) is 46.7 Å². The molecule has 0 bridgehead atoms. The van der Waals surface area contributed by atoms with Crippen LogP contribution in [0.15, 0.2) is 41.8 Å². The van der Waals surface area contributed by atoms with Gasteiger partial charge in [-0.2, -0.15) is 0 Å². The molecular weight excluding hydrogens is 228 g/mol. The van der Waals surface area contributed by atoms with Crippen LogP contribution in [-0.2, 0) is 6.42 Å². The second kappa shape index (κ2) is 4.51. The molecule has 1 aromatic heterocycles. The highest BCUT2D eigenvalue weighted by atomic mass is 32.1. The van der Waals surface area contributed by atoms with Crippen LogP contribution in [0.5, 0.6) is 0 Å². The Balaban J connectivity index is 1.75. The van der Waals surface area contributed by atoms with Crippen LogP contribution in [-0.4, -0.2) is 13.1 Å². The van der Waals surface area contributed by atoms with Crippen molar-refractivity contribution in [3.8, 4) is 0 Å². The van der Waals surface area contributed by atoms with E-state index in [4.69, 9.17) is 5.73 Å². The highest BCUT2D eigenvalue weighted by molar-refractivity contribution is 7.10. The zero-order chi connectivity index (χ0) is 11.7. The Hall–Kier alpha value is -1.32. The first-order valence-electron chi connectivity index (χ1n) is 5.96. The molecule has 1 atom stereocenters. The number of thiophene rings is 1. The second-order valence-corrected chi connectivity index (χ2v) is 5.43. The van der Waals surface area contributed by atoms with Crippen LogP contribution in [0, 0.1) is 0 Å². The predicted octanol–water partition coefficient (Wildman–Crippen LogP) is 2.81. The van der Waals surface area contributed by atoms with Gasteiger partial charge in [-0.05, 0) is 29.5 Å². The summed E-state index contributed by atoms with van der Waals surface area (Å²) in [7, 11) is 0. The molecule has 0 spiro atoms. The van der Waals surface area contributed by atoms with Crippen LogP contribution >= 0.6 is 11.3 Å². The van der Waals surface area contributed by atoms with Crippen LogP contribution in [0.1, 0.15) is 16.5 Å². The van der Waals surface area contributed by atoms with Gasteiger partial charge in [-0.3, -0.25) is 0 Å². The molecule has 0 aliphatic carbocycles. The first-order chi connectivity index (χ1) is 8.34. The first kappa shape index (κ1) is 10.8. The van der Waals surface area contributed by atoms with Gasteiger partial charge in [-0.1, -0.05) is 24.3 Å². The van der Waals surface area contributed by atoms with Crippen molar-refractivity contribution in [2.75, 3.05) is 18.0 Å². The van der Waals surface area contributed by atoms with Gasteiger partial charge in [0.25, 0.3) is 0 Å². The molecule has 2 aromatic rings. The summed E-state index contributed by atoms with van der Waals surface area (Å²) < 4.78 is 0. The molecule has 0 amide bonds. The molecular formula is C14H16N2S. The minimum atomic E-state index is 0.126. The summed E-state index contributed by atoms with van der Waals surface area (Å²) in [4.78, 5) is 3.68. The fourth-order valence-corrected chi connectivity index (χ4v) is 3.15. The molecule has 0 saturated heterocycles. The number of nitrogens with two attached hydrogens (primary N) is 1. The number of para-hydroxylation sites is 1. The molecule has 2 heterocycles. The zero-order valence-corrected chi connectivity index (χ0v) is 10.5. The van der Waals surface area contributed by atoms with Crippen molar-refractivity contribution in [3.63, 3.8) is 0 Å². The first-order valence-corrected chi connectivity index (χ1v) is 6.84. The molecule has 0 radical (unpaired) electrons. The van der Waals surface area contributed by atoms with Crippen molar-refractivity contribution in [1.29, 1.82) is 0 Å². The Bertz CT molecular complexity index is 493. The van der Waals surface area contributed by atoms with E-state index in [1.54, 1.807) is 11.3 Å². The van der Waals surface area contributed by atoms with E-state index >= 15 is 0 Å². The second-order valence-electron chi connectivity index (χ2n) is 4.45. The topological polar surface area (TPSA) is 29.3 Å². The van der Waals surface area contributed by atoms with Crippen molar-refractivity contribution in [2.45, 2.75) is 12.5 Å². The van der Waals surface area contributed by atoms with E-state index in [-0.39, 0.29) is 6.04 Å². The SMILES string of the molecule is NC(CN1CCc2ccccc21)c1cccs1. The number of hydrogen-bond donors (Lipinski definition) is 1. The third-order valence-corrected chi connectivity index (χ3v) is 4.31. The van der Waals surface area contributed by atoms with Gasteiger partial charge in [0.05, 0.1) is 6.04 Å². The number of fused-ring (bicyclic) bond motifs is 1. The molecule has 3 rings (SSSR count). The molecule has 2 nitrogen and oxygen atoms in total. The fourth-order valence-electron chi connectivity index (χ4n) is 2.43. The van der Waals surface area contributed by atoms with E-state index in [0.717, 1.165) is 19.5 Å². The molecule has 0 fully saturated rings. The van der Waals surface area contributed by atoms with Gasteiger partial charge >= 0.3 is 0 Å². The number of nitrogens with zero attached hydrogens (tertiary/aromatic N) is 1. The minimum absolute atomic E-state index is 0.126. The number of hydrogen-bond acceptors (Lipinski definition) is 3. The monoisotopic (exact) mass is 244 g/mol. The number of rotatable bonds is 3. The minimum Gasteiger partial charge on any atom is -0.369 e. The Kier molecular flexibility index (Phi) is 2.87. The van der Waals surface area contributed by atoms with Crippen LogP contribution in [0.25, 0.3) is 0 Å². The lowest BCUT2D eigenvalue weighted by atomic mass is 10.2. The standard InChI is InChI=1S/C14H16N2S/c15-12(14-6-3-9-17-14)10-16-8-7-11-4-1-2-5-13(11)16/h1-6,9,12H,7-8,10,15H2. The van der Waals surface area contributed by atoms with Gasteiger partial charge in [0, 0.05) is 23.7 Å². The average molecular weight is 244 g/mol. The molecule has 1 aromatic carbocycles. The van der Waals surface area contributed by atoms with Crippen LogP contribution in [0.4, 0.5) is 5.69 Å². The van der Waals surface area contributed by atoms with Gasteiger partial charge in [0.2, 0.25) is 0 Å². The quantitative estimate of drug-likeness (QED) is 0.899. The Labute approximate surface area is 106 Å². The van der Waals surface area contributed by atoms with E-state index in [0.29, 0.717) is 0 Å². The normalized spacial score (nSPS) is 15.9. The summed E-state index contributed by atoms with van der Waals surface area (Å²) in [5, 5.41) is 2.09. The van der Waals surface area contributed by atoms with Crippen molar-refractivity contribution in [2.24, 2.45) is 5.73 Å². The maximum absolute atomic E-state index is 6.25. The molecule has 88 valence electrons. The Morgan fingerprint density at radius 2 is 2.12 bits per heavy atom. The Morgan fingerprint density at radius 3 is 2.94 bits per heavy atom. The van der Waals surface area contributed by atoms with Gasteiger partial charge in [0.1, 0.15) is 0 Å². The maximum Gasteiger partial charge on any atom is 0.0567 e. The highest BCUT2D eigenvalue weighted by Crippen LogP contribution is 2.29. The Morgan fingerprint density at radius 1 is 1.24 bits per heavy atom. The number of benzene rings is 1. The molecule has 0 saturated carbocycles. The summed E-state index contributed by atoms with van der Waals surface area (Å²) in [6.45, 7) is 2.01. The lowest BCUT2D eigenvalue weighted by molar-refractivity contribution is 0.691. The van der Waals surface area contributed by atoms with Gasteiger partial charge in [-0.15, -0.1) is 11.3 Å². The largest absolute Gasteiger partial charge is 0.369 e. The smallest absolute Gasteiger partial charge is 0.0567 e. The van der Waals surface area contributed by atoms with E-state index < -0.39 is 0 Å². The summed E-state index contributed by atoms with van der Waals surface area (Å²) >= 11 is 1.74. The number of anilines is 1. The van der Waals surface area contributed by atoms with Crippen LogP contribution < -0.4 is 10.6 Å². The predicted molar refractivity (Wildman–Crippen MR) is 73.6 cm³/mol. The van der Waals surface area contributed by atoms with Gasteiger partial charge in [0.15, 0.2) is 0 Å².